The molecule has 9 heteroatoms. The molecule has 1 fully saturated rings. The number of aliphatic hydroxyl groups excluding tert-OH is 1. The van der Waals surface area contributed by atoms with Gasteiger partial charge in [0.2, 0.25) is 0 Å². The molecule has 0 unspecified atom stereocenters. The number of likely N-dealkylation sites (N-methyl/N-ethyl adjacent to an activating group) is 1. The normalized spacial score (nSPS) is 24.2. The smallest absolute Gasteiger partial charge is 0.391 e. The van der Waals surface area contributed by atoms with Crippen molar-refractivity contribution in [3.8, 4) is 0 Å². The number of halogens is 3. The zero-order valence-electron chi connectivity index (χ0n) is 14.0. The molecule has 25 heavy (non-hydrogen) atoms. The molecule has 3 rings (SSSR count). The first-order valence-electron chi connectivity index (χ1n) is 8.20. The minimum Gasteiger partial charge on any atom is -0.391 e. The van der Waals surface area contributed by atoms with Gasteiger partial charge < -0.3 is 15.7 Å². The van der Waals surface area contributed by atoms with E-state index in [1.165, 1.54) is 6.07 Å². The van der Waals surface area contributed by atoms with Crippen molar-refractivity contribution in [3.63, 3.8) is 0 Å². The fourth-order valence-electron chi connectivity index (χ4n) is 3.31. The largest absolute Gasteiger partial charge is 0.393 e. The van der Waals surface area contributed by atoms with Gasteiger partial charge in [0.1, 0.15) is 16.5 Å². The molecule has 1 saturated carbocycles. The van der Waals surface area contributed by atoms with Crippen LogP contribution in [0.2, 0.25) is 0 Å². The molecule has 0 saturated heterocycles. The monoisotopic (exact) mass is 374 g/mol. The van der Waals surface area contributed by atoms with Crippen molar-refractivity contribution in [2.24, 2.45) is 5.73 Å². The first-order chi connectivity index (χ1) is 11.7. The molecular weight excluding hydrogens is 353 g/mol. The highest BCUT2D eigenvalue weighted by molar-refractivity contribution is 7.18. The van der Waals surface area contributed by atoms with E-state index < -0.39 is 18.7 Å². The van der Waals surface area contributed by atoms with Gasteiger partial charge in [0.05, 0.1) is 24.0 Å². The van der Waals surface area contributed by atoms with Crippen molar-refractivity contribution in [1.82, 2.24) is 9.97 Å². The van der Waals surface area contributed by atoms with Gasteiger partial charge in [-0.1, -0.05) is 6.92 Å². The maximum atomic E-state index is 12.7. The molecule has 3 atom stereocenters. The molecule has 0 bridgehead atoms. The maximum absolute atomic E-state index is 12.7. The second-order valence-electron chi connectivity index (χ2n) is 6.52. The Morgan fingerprint density at radius 1 is 1.36 bits per heavy atom. The number of alkyl halides is 3. The number of thiophene rings is 1. The molecule has 2 aromatic heterocycles. The summed E-state index contributed by atoms with van der Waals surface area (Å²) in [6, 6.07) is 1.22. The van der Waals surface area contributed by atoms with Crippen LogP contribution in [0.5, 0.6) is 0 Å². The lowest BCUT2D eigenvalue weighted by atomic mass is 10.1. The van der Waals surface area contributed by atoms with Gasteiger partial charge >= 0.3 is 6.18 Å². The molecule has 1 aliphatic carbocycles. The molecule has 0 spiro atoms. The summed E-state index contributed by atoms with van der Waals surface area (Å²) in [7, 11) is 1.80. The Hall–Kier alpha value is -1.45. The van der Waals surface area contributed by atoms with Crippen LogP contribution < -0.4 is 10.6 Å². The van der Waals surface area contributed by atoms with Gasteiger partial charge in [0, 0.05) is 24.4 Å². The van der Waals surface area contributed by atoms with Crippen LogP contribution in [0, 0.1) is 0 Å². The summed E-state index contributed by atoms with van der Waals surface area (Å²) < 4.78 is 38.2. The molecule has 0 radical (unpaired) electrons. The average Bonchev–Trinajstić information content (AvgIpc) is 3.05. The highest BCUT2D eigenvalue weighted by Gasteiger charge is 2.35. The summed E-state index contributed by atoms with van der Waals surface area (Å²) in [5.74, 6) is 1.14. The number of anilines is 1. The molecule has 3 N–H and O–H groups in total. The fraction of sp³-hybridized carbons (Fsp3) is 0.625. The fourth-order valence-corrected chi connectivity index (χ4v) is 4.39. The zero-order chi connectivity index (χ0) is 18.4. The molecule has 0 aromatic carbocycles. The average molecular weight is 374 g/mol. The summed E-state index contributed by atoms with van der Waals surface area (Å²) >= 11 is 1.04. The predicted octanol–water partition coefficient (Wildman–Crippen LogP) is 2.65. The van der Waals surface area contributed by atoms with Crippen LogP contribution in [0.4, 0.5) is 19.0 Å². The van der Waals surface area contributed by atoms with Crippen LogP contribution in [-0.4, -0.2) is 46.5 Å². The van der Waals surface area contributed by atoms with E-state index in [2.05, 4.69) is 9.97 Å². The van der Waals surface area contributed by atoms with Crippen molar-refractivity contribution < 1.29 is 18.3 Å². The number of hydrogen-bond donors (Lipinski definition) is 2. The van der Waals surface area contributed by atoms with Crippen LogP contribution in [0.3, 0.4) is 0 Å². The van der Waals surface area contributed by atoms with Crippen LogP contribution in [-0.2, 0) is 12.8 Å². The van der Waals surface area contributed by atoms with E-state index in [-0.39, 0.29) is 17.0 Å². The number of hydrogen-bond acceptors (Lipinski definition) is 6. The third-order valence-electron chi connectivity index (χ3n) is 4.53. The second kappa shape index (κ2) is 6.69. The summed E-state index contributed by atoms with van der Waals surface area (Å²) in [5, 5.41) is 10.8. The molecular formula is C16H21F3N4OS. The van der Waals surface area contributed by atoms with Gasteiger partial charge in [-0.05, 0) is 18.9 Å². The standard InChI is InChI=1S/C16H21F3N4OS/c1-3-13-21-14(23(2)11-4-8(20)5-12(11)24)10-6-9(7-16(17,18)19)25-15(10)22-13/h6,8,11-12,24H,3-5,7,20H2,1-2H3/t8-,11+,12-/m1/s1. The lowest BCUT2D eigenvalue weighted by Gasteiger charge is -2.28. The summed E-state index contributed by atoms with van der Waals surface area (Å²) in [4.78, 5) is 11.5. The Bertz CT molecular complexity index is 764. The van der Waals surface area contributed by atoms with Gasteiger partial charge in [-0.3, -0.25) is 0 Å². The van der Waals surface area contributed by atoms with Crippen LogP contribution in [0.25, 0.3) is 10.2 Å². The van der Waals surface area contributed by atoms with Crippen molar-refractivity contribution in [2.45, 2.75) is 57.0 Å². The Morgan fingerprint density at radius 2 is 2.08 bits per heavy atom. The zero-order valence-corrected chi connectivity index (χ0v) is 14.9. The van der Waals surface area contributed by atoms with Crippen molar-refractivity contribution in [1.29, 1.82) is 0 Å². The lowest BCUT2D eigenvalue weighted by molar-refractivity contribution is -0.126. The van der Waals surface area contributed by atoms with E-state index in [0.717, 1.165) is 11.3 Å². The Morgan fingerprint density at radius 3 is 2.64 bits per heavy atom. The molecule has 138 valence electrons. The van der Waals surface area contributed by atoms with Crippen LogP contribution >= 0.6 is 11.3 Å². The molecule has 5 nitrogen and oxygen atoms in total. The van der Waals surface area contributed by atoms with E-state index in [4.69, 9.17) is 5.73 Å². The second-order valence-corrected chi connectivity index (χ2v) is 7.63. The maximum Gasteiger partial charge on any atom is 0.393 e. The molecule has 2 heterocycles. The van der Waals surface area contributed by atoms with E-state index in [0.29, 0.717) is 41.1 Å². The first-order valence-corrected chi connectivity index (χ1v) is 9.02. The summed E-state index contributed by atoms with van der Waals surface area (Å²) in [5.41, 5.74) is 5.93. The molecule has 0 aliphatic heterocycles. The summed E-state index contributed by atoms with van der Waals surface area (Å²) in [6.07, 6.45) is -4.12. The Labute approximate surface area is 147 Å². The highest BCUT2D eigenvalue weighted by Crippen LogP contribution is 2.36. The van der Waals surface area contributed by atoms with Crippen LogP contribution in [0.1, 0.15) is 30.5 Å². The quantitative estimate of drug-likeness (QED) is 0.861. The van der Waals surface area contributed by atoms with Crippen molar-refractivity contribution in [2.75, 3.05) is 11.9 Å². The number of aliphatic hydroxyl groups is 1. The van der Waals surface area contributed by atoms with Gasteiger partial charge in [-0.15, -0.1) is 11.3 Å². The van der Waals surface area contributed by atoms with E-state index in [1.54, 1.807) is 7.05 Å². The Balaban J connectivity index is 2.03. The SMILES string of the molecule is CCc1nc(N(C)[C@H]2C[C@@H](N)C[C@H]2O)c2cc(CC(F)(F)F)sc2n1. The number of fused-ring (bicyclic) bond motifs is 1. The van der Waals surface area contributed by atoms with Crippen LogP contribution in [0.15, 0.2) is 6.07 Å². The van der Waals surface area contributed by atoms with Crippen molar-refractivity contribution in [3.05, 3.63) is 16.8 Å². The number of aromatic nitrogens is 2. The Kier molecular flexibility index (Phi) is 4.91. The summed E-state index contributed by atoms with van der Waals surface area (Å²) in [6.45, 7) is 1.90. The van der Waals surface area contributed by atoms with Gasteiger partial charge in [-0.2, -0.15) is 13.2 Å². The number of nitrogens with zero attached hydrogens (tertiary/aromatic N) is 3. The molecule has 1 aliphatic rings. The number of aryl methyl sites for hydroxylation is 1. The van der Waals surface area contributed by atoms with Crippen molar-refractivity contribution >= 4 is 27.4 Å². The van der Waals surface area contributed by atoms with Gasteiger partial charge in [-0.25, -0.2) is 9.97 Å². The number of rotatable bonds is 4. The molecule has 2 aromatic rings. The van der Waals surface area contributed by atoms with Gasteiger partial charge in [0.15, 0.2) is 0 Å². The van der Waals surface area contributed by atoms with E-state index >= 15 is 0 Å². The lowest BCUT2D eigenvalue weighted by Crippen LogP contribution is -2.38. The van der Waals surface area contributed by atoms with Gasteiger partial charge in [0.25, 0.3) is 0 Å². The molecule has 0 amide bonds. The minimum absolute atomic E-state index is 0.0892. The highest BCUT2D eigenvalue weighted by atomic mass is 32.1. The third kappa shape index (κ3) is 3.88. The predicted molar refractivity (Wildman–Crippen MR) is 92.0 cm³/mol. The van der Waals surface area contributed by atoms with E-state index in [1.807, 2.05) is 11.8 Å². The third-order valence-corrected chi connectivity index (χ3v) is 5.55. The minimum atomic E-state index is -4.26. The van der Waals surface area contributed by atoms with E-state index in [9.17, 15) is 18.3 Å². The first kappa shape index (κ1) is 18.3. The number of nitrogens with two attached hydrogens (primary N) is 1. The topological polar surface area (TPSA) is 75.3 Å².